The largest absolute Gasteiger partial charge is 0.456 e. The lowest BCUT2D eigenvalue weighted by molar-refractivity contribution is -0.346. The summed E-state index contributed by atoms with van der Waals surface area (Å²) in [5.74, 6) is -6.84. The summed E-state index contributed by atoms with van der Waals surface area (Å²) in [6.07, 6.45) is -10.5. The van der Waals surface area contributed by atoms with Gasteiger partial charge in [-0.3, -0.25) is 19.2 Å². The first-order chi connectivity index (χ1) is 29.3. The predicted molar refractivity (Wildman–Crippen MR) is 218 cm³/mol. The minimum Gasteiger partial charge on any atom is -0.456 e. The van der Waals surface area contributed by atoms with Gasteiger partial charge < -0.3 is 44.3 Å². The van der Waals surface area contributed by atoms with Crippen LogP contribution in [0, 0.1) is 16.7 Å². The molecule has 0 spiro atoms. The van der Waals surface area contributed by atoms with E-state index in [1.54, 1.807) is 92.7 Å². The normalized spacial score (nSPS) is 31.9. The van der Waals surface area contributed by atoms with Crippen LogP contribution in [0.2, 0.25) is 0 Å². The van der Waals surface area contributed by atoms with Crippen LogP contribution < -0.4 is 5.32 Å². The summed E-state index contributed by atoms with van der Waals surface area (Å²) in [6, 6.07) is 22.9. The highest BCUT2D eigenvalue weighted by atomic mass is 16.6. The standard InChI is InChI=1S/C47H51NO14/c1-25-31(60-43(56)36(52)35(28-16-10-7-11-17-28)48-41(54)29-18-12-8-13-19-29)23-47(57)40(61-42(55)30-20-14-9-15-21-30)38-45(6,32(51)22-33-46(38,24-58-33)62-27(3)50)39(53)37(59-26(2)49)34(25)44(47,4)5/h7-21,31-33,35-38,40,51-52,57H,22-24H2,1-6H3,(H,48,54)/t31-,32-,33+,35-,36+,37+,38?,40-,45+,46-,47+/m0/s1/i9+1,14+1,15+1,20+1,21+1,30+1. The number of hydrogen-bond acceptors (Lipinski definition) is 14. The number of rotatable bonds is 10. The van der Waals surface area contributed by atoms with Crippen LogP contribution in [0.15, 0.2) is 102 Å². The minimum atomic E-state index is -2.39. The summed E-state index contributed by atoms with van der Waals surface area (Å²) in [6.45, 7) is 7.97. The third kappa shape index (κ3) is 7.29. The fourth-order valence-electron chi connectivity index (χ4n) is 10.2. The number of aliphatic hydroxyl groups excluding tert-OH is 2. The summed E-state index contributed by atoms with van der Waals surface area (Å²) in [5, 5.41) is 40.2. The van der Waals surface area contributed by atoms with Gasteiger partial charge in [-0.05, 0) is 54.8 Å². The molecule has 3 aromatic carbocycles. The third-order valence-electron chi connectivity index (χ3n) is 13.5. The molecule has 1 aliphatic heterocycles. The van der Waals surface area contributed by atoms with Crippen LogP contribution in [-0.2, 0) is 42.9 Å². The first kappa shape index (κ1) is 44.3. The van der Waals surface area contributed by atoms with E-state index in [9.17, 15) is 39.3 Å². The number of nitrogens with one attached hydrogen (secondary N) is 1. The van der Waals surface area contributed by atoms with Gasteiger partial charge in [0.1, 0.15) is 23.9 Å². The maximum absolute atomic E-state index is 15.5. The smallest absolute Gasteiger partial charge is 0.338 e. The van der Waals surface area contributed by atoms with Crippen LogP contribution in [0.25, 0.3) is 0 Å². The maximum Gasteiger partial charge on any atom is 0.338 e. The van der Waals surface area contributed by atoms with Crippen molar-refractivity contribution in [3.05, 3.63) is 119 Å². The molecule has 15 nitrogen and oxygen atoms in total. The van der Waals surface area contributed by atoms with Crippen LogP contribution >= 0.6 is 0 Å². The van der Waals surface area contributed by atoms with Crippen molar-refractivity contribution in [1.82, 2.24) is 5.32 Å². The molecule has 328 valence electrons. The van der Waals surface area contributed by atoms with Gasteiger partial charge >= 0.3 is 23.9 Å². The summed E-state index contributed by atoms with van der Waals surface area (Å²) in [4.78, 5) is 83.5. The SMILES string of the molecule is CC(=O)O[C@H]1C(=O)[C@@]2(C)C([C@H](OC(=O)[13c]3[13cH][13cH][13cH][13cH][13cH]3)[C@]3(O)C[C@H](OC(=O)[C@H](O)[C@@H](NC(=O)c4ccccc4)c4ccccc4)C(C)=C1C3(C)C)[C@]1(OC(C)=O)CO[C@@H]1C[C@@H]2O. The Bertz CT molecular complexity index is 2280. The van der Waals surface area contributed by atoms with E-state index in [0.29, 0.717) is 5.56 Å². The number of amides is 1. The van der Waals surface area contributed by atoms with Crippen LogP contribution in [-0.4, -0.2) is 105 Å². The van der Waals surface area contributed by atoms with E-state index in [-0.39, 0.29) is 35.3 Å². The summed E-state index contributed by atoms with van der Waals surface area (Å²) in [7, 11) is 0. The number of ketones is 1. The lowest BCUT2D eigenvalue weighted by atomic mass is 9.44. The van der Waals surface area contributed by atoms with E-state index in [0.717, 1.165) is 13.8 Å². The second-order valence-corrected chi connectivity index (χ2v) is 17.4. The van der Waals surface area contributed by atoms with Gasteiger partial charge in [0.25, 0.3) is 5.91 Å². The van der Waals surface area contributed by atoms with Gasteiger partial charge in [-0.15, -0.1) is 0 Å². The molecule has 3 aromatic rings. The molecule has 0 radical (unpaired) electrons. The molecule has 1 amide bonds. The molecule has 0 aromatic heterocycles. The summed E-state index contributed by atoms with van der Waals surface area (Å²) >= 11 is 0. The van der Waals surface area contributed by atoms with Gasteiger partial charge in [-0.2, -0.15) is 0 Å². The second-order valence-electron chi connectivity index (χ2n) is 17.4. The van der Waals surface area contributed by atoms with E-state index >= 15 is 4.79 Å². The van der Waals surface area contributed by atoms with Crippen LogP contribution in [0.4, 0.5) is 0 Å². The van der Waals surface area contributed by atoms with Crippen LogP contribution in [0.1, 0.15) is 86.7 Å². The van der Waals surface area contributed by atoms with Crippen molar-refractivity contribution in [3.63, 3.8) is 0 Å². The van der Waals surface area contributed by atoms with Crippen molar-refractivity contribution in [3.8, 4) is 0 Å². The number of hydrogen-bond donors (Lipinski definition) is 4. The third-order valence-corrected chi connectivity index (χ3v) is 13.5. The zero-order valence-electron chi connectivity index (χ0n) is 35.2. The molecule has 7 rings (SSSR count). The Labute approximate surface area is 358 Å². The highest BCUT2D eigenvalue weighted by molar-refractivity contribution is 5.96. The molecule has 4 N–H and O–H groups in total. The van der Waals surface area contributed by atoms with E-state index in [1.165, 1.54) is 26.0 Å². The van der Waals surface area contributed by atoms with Gasteiger partial charge in [0.05, 0.1) is 35.6 Å². The molecule has 15 heteroatoms. The molecule has 4 aliphatic rings. The highest BCUT2D eigenvalue weighted by Crippen LogP contribution is 2.64. The number of esters is 4. The van der Waals surface area contributed by atoms with Crippen molar-refractivity contribution < 1.29 is 67.8 Å². The zero-order chi connectivity index (χ0) is 44.9. The van der Waals surface area contributed by atoms with Crippen molar-refractivity contribution in [2.75, 3.05) is 6.61 Å². The Hall–Kier alpha value is -5.74. The fourth-order valence-corrected chi connectivity index (χ4v) is 10.2. The lowest BCUT2D eigenvalue weighted by Gasteiger charge is -2.67. The average Bonchev–Trinajstić information content (AvgIpc) is 3.24. The molecule has 1 saturated heterocycles. The fraction of sp³-hybridized carbons (Fsp3) is 0.447. The molecule has 1 unspecified atom stereocenters. The molecule has 1 heterocycles. The molecule has 3 fully saturated rings. The average molecular weight is 860 g/mol. The van der Waals surface area contributed by atoms with Crippen LogP contribution in [0.3, 0.4) is 0 Å². The van der Waals surface area contributed by atoms with Gasteiger partial charge in [-0.1, -0.05) is 80.6 Å². The molecule has 2 saturated carbocycles. The second kappa shape index (κ2) is 16.5. The van der Waals surface area contributed by atoms with Gasteiger partial charge in [-0.25, -0.2) is 9.59 Å². The molecule has 3 aliphatic carbocycles. The van der Waals surface area contributed by atoms with Gasteiger partial charge in [0, 0.05) is 37.7 Å². The number of ether oxygens (including phenoxy) is 5. The van der Waals surface area contributed by atoms with Crippen molar-refractivity contribution in [1.29, 1.82) is 0 Å². The predicted octanol–water partition coefficient (Wildman–Crippen LogP) is 3.74. The number of fused-ring (bicyclic) bond motifs is 5. The highest BCUT2D eigenvalue weighted by Gasteiger charge is 2.78. The van der Waals surface area contributed by atoms with Crippen molar-refractivity contribution >= 4 is 35.6 Å². The quantitative estimate of drug-likeness (QED) is 0.130. The van der Waals surface area contributed by atoms with Crippen molar-refractivity contribution in [2.45, 2.75) is 108 Å². The Kier molecular flexibility index (Phi) is 11.8. The Balaban J connectivity index is 1.39. The monoisotopic (exact) mass is 859 g/mol. The van der Waals surface area contributed by atoms with Gasteiger partial charge in [0.2, 0.25) is 0 Å². The minimum absolute atomic E-state index is 0.00289. The van der Waals surface area contributed by atoms with Crippen LogP contribution in [0.5, 0.6) is 0 Å². The molecule has 11 atom stereocenters. The number of Topliss-reactive ketones (excluding diaryl/α,β-unsaturated/α-hetero) is 1. The van der Waals surface area contributed by atoms with E-state index < -0.39 is 113 Å². The first-order valence-electron chi connectivity index (χ1n) is 20.5. The van der Waals surface area contributed by atoms with E-state index in [1.807, 2.05) is 0 Å². The van der Waals surface area contributed by atoms with Crippen molar-refractivity contribution in [2.24, 2.45) is 16.7 Å². The molecule has 2 bridgehead atoms. The molecule has 62 heavy (non-hydrogen) atoms. The summed E-state index contributed by atoms with van der Waals surface area (Å²) in [5.41, 5.74) is -7.02. The molecular weight excluding hydrogens is 808 g/mol. The Morgan fingerprint density at radius 2 is 1.40 bits per heavy atom. The lowest BCUT2D eigenvalue weighted by Crippen LogP contribution is -2.82. The number of aliphatic hydroxyl groups is 3. The number of benzene rings is 3. The Morgan fingerprint density at radius 1 is 0.823 bits per heavy atom. The molecular formula is C47H51NO14. The van der Waals surface area contributed by atoms with E-state index in [4.69, 9.17) is 23.7 Å². The first-order valence-corrected chi connectivity index (χ1v) is 20.5. The maximum atomic E-state index is 15.5. The zero-order valence-corrected chi connectivity index (χ0v) is 35.2. The number of carbonyl (C=O) groups excluding carboxylic acids is 6. The topological polar surface area (TPSA) is 221 Å². The van der Waals surface area contributed by atoms with Gasteiger partial charge in [0.15, 0.2) is 23.6 Å². The summed E-state index contributed by atoms with van der Waals surface area (Å²) < 4.78 is 30.3. The number of carbonyl (C=O) groups is 6. The van der Waals surface area contributed by atoms with E-state index in [2.05, 4.69) is 5.32 Å². The Morgan fingerprint density at radius 3 is 1.95 bits per heavy atom.